The molecule has 1 aliphatic rings. The molecule has 0 bridgehead atoms. The van der Waals surface area contributed by atoms with Gasteiger partial charge in [-0.2, -0.15) is 0 Å². The highest BCUT2D eigenvalue weighted by Gasteiger charge is 2.42. The Morgan fingerprint density at radius 2 is 2.22 bits per heavy atom. The molecule has 0 amide bonds. The lowest BCUT2D eigenvalue weighted by Crippen LogP contribution is -2.59. The van der Waals surface area contributed by atoms with Crippen molar-refractivity contribution < 1.29 is 9.15 Å². The molecule has 2 rings (SSSR count). The minimum absolute atomic E-state index is 0.00847. The molecule has 1 aliphatic heterocycles. The van der Waals surface area contributed by atoms with Gasteiger partial charge in [-0.1, -0.05) is 0 Å². The van der Waals surface area contributed by atoms with Crippen molar-refractivity contribution in [2.45, 2.75) is 44.4 Å². The number of likely N-dealkylation sites (N-methyl/N-ethyl adjacent to an activating group) is 1. The average molecular weight is 252 g/mol. The zero-order valence-electron chi connectivity index (χ0n) is 11.6. The fourth-order valence-electron chi connectivity index (χ4n) is 2.91. The lowest BCUT2D eigenvalue weighted by atomic mass is 9.80. The van der Waals surface area contributed by atoms with E-state index in [1.54, 1.807) is 6.26 Å². The summed E-state index contributed by atoms with van der Waals surface area (Å²) in [7, 11) is 2.12. The second-order valence-corrected chi connectivity index (χ2v) is 5.90. The van der Waals surface area contributed by atoms with E-state index in [-0.39, 0.29) is 11.1 Å². The van der Waals surface area contributed by atoms with E-state index in [4.69, 9.17) is 14.9 Å². The minimum atomic E-state index is -0.102. The Bertz CT molecular complexity index is 375. The van der Waals surface area contributed by atoms with Crippen molar-refractivity contribution in [1.82, 2.24) is 4.90 Å². The van der Waals surface area contributed by atoms with E-state index < -0.39 is 0 Å². The summed E-state index contributed by atoms with van der Waals surface area (Å²) < 4.78 is 11.2. The SMILES string of the molecule is CN(Cc1ccco1)C1(CN)CCOC(C)(C)C1. The van der Waals surface area contributed by atoms with Gasteiger partial charge >= 0.3 is 0 Å². The smallest absolute Gasteiger partial charge is 0.117 e. The van der Waals surface area contributed by atoms with Crippen molar-refractivity contribution in [3.05, 3.63) is 24.2 Å². The lowest BCUT2D eigenvalue weighted by molar-refractivity contribution is -0.115. The van der Waals surface area contributed by atoms with Gasteiger partial charge in [-0.05, 0) is 45.9 Å². The first-order chi connectivity index (χ1) is 8.47. The van der Waals surface area contributed by atoms with Crippen LogP contribution in [0.4, 0.5) is 0 Å². The molecule has 4 heteroatoms. The number of ether oxygens (including phenoxy) is 1. The Kier molecular flexibility index (Phi) is 3.80. The highest BCUT2D eigenvalue weighted by atomic mass is 16.5. The molecule has 4 nitrogen and oxygen atoms in total. The second kappa shape index (κ2) is 5.03. The highest BCUT2D eigenvalue weighted by molar-refractivity contribution is 5.03. The van der Waals surface area contributed by atoms with Gasteiger partial charge in [0.15, 0.2) is 0 Å². The third-order valence-electron chi connectivity index (χ3n) is 3.98. The van der Waals surface area contributed by atoms with Crippen LogP contribution >= 0.6 is 0 Å². The summed E-state index contributed by atoms with van der Waals surface area (Å²) in [5, 5.41) is 0. The lowest BCUT2D eigenvalue weighted by Gasteiger charge is -2.49. The fourth-order valence-corrected chi connectivity index (χ4v) is 2.91. The third kappa shape index (κ3) is 2.76. The molecule has 1 fully saturated rings. The van der Waals surface area contributed by atoms with Crippen LogP contribution in [0.2, 0.25) is 0 Å². The van der Waals surface area contributed by atoms with E-state index >= 15 is 0 Å². The quantitative estimate of drug-likeness (QED) is 0.890. The normalized spacial score (nSPS) is 27.6. The first kappa shape index (κ1) is 13.6. The zero-order valence-corrected chi connectivity index (χ0v) is 11.6. The molecule has 1 saturated heterocycles. The minimum Gasteiger partial charge on any atom is -0.468 e. The van der Waals surface area contributed by atoms with Crippen LogP contribution in [-0.2, 0) is 11.3 Å². The van der Waals surface area contributed by atoms with E-state index in [1.165, 1.54) is 0 Å². The standard InChI is InChI=1S/C14H24N2O2/c1-13(2)10-14(11-15,6-8-18-13)16(3)9-12-5-4-7-17-12/h4-5,7H,6,8-11,15H2,1-3H3. The first-order valence-electron chi connectivity index (χ1n) is 6.55. The van der Waals surface area contributed by atoms with Crippen molar-refractivity contribution in [3.8, 4) is 0 Å². The molecule has 1 aromatic heterocycles. The number of hydrogen-bond donors (Lipinski definition) is 1. The molecule has 2 N–H and O–H groups in total. The Morgan fingerprint density at radius 1 is 1.44 bits per heavy atom. The van der Waals surface area contributed by atoms with Gasteiger partial charge in [-0.25, -0.2) is 0 Å². The van der Waals surface area contributed by atoms with Crippen LogP contribution in [-0.4, -0.2) is 36.2 Å². The second-order valence-electron chi connectivity index (χ2n) is 5.90. The van der Waals surface area contributed by atoms with Gasteiger partial charge in [0.05, 0.1) is 18.4 Å². The van der Waals surface area contributed by atoms with Crippen molar-refractivity contribution in [1.29, 1.82) is 0 Å². The van der Waals surface area contributed by atoms with Gasteiger partial charge < -0.3 is 14.9 Å². The van der Waals surface area contributed by atoms with Crippen molar-refractivity contribution >= 4 is 0 Å². The fraction of sp³-hybridized carbons (Fsp3) is 0.714. The van der Waals surface area contributed by atoms with Gasteiger partial charge in [0, 0.05) is 18.7 Å². The summed E-state index contributed by atoms with van der Waals surface area (Å²) in [6.45, 7) is 6.48. The summed E-state index contributed by atoms with van der Waals surface area (Å²) in [5.41, 5.74) is 5.97. The van der Waals surface area contributed by atoms with Crippen LogP contribution in [0.3, 0.4) is 0 Å². The molecule has 1 unspecified atom stereocenters. The number of nitrogens with two attached hydrogens (primary N) is 1. The summed E-state index contributed by atoms with van der Waals surface area (Å²) in [5.74, 6) is 0.981. The molecular weight excluding hydrogens is 228 g/mol. The first-order valence-corrected chi connectivity index (χ1v) is 6.55. The summed E-state index contributed by atoms with van der Waals surface area (Å²) in [6.07, 6.45) is 3.64. The van der Waals surface area contributed by atoms with E-state index in [9.17, 15) is 0 Å². The van der Waals surface area contributed by atoms with Gasteiger partial charge in [-0.15, -0.1) is 0 Å². The molecular formula is C14H24N2O2. The van der Waals surface area contributed by atoms with Crippen LogP contribution < -0.4 is 5.73 Å². The Morgan fingerprint density at radius 3 is 2.78 bits per heavy atom. The highest BCUT2D eigenvalue weighted by Crippen LogP contribution is 2.35. The topological polar surface area (TPSA) is 51.6 Å². The monoisotopic (exact) mass is 252 g/mol. The van der Waals surface area contributed by atoms with E-state index in [0.29, 0.717) is 6.54 Å². The van der Waals surface area contributed by atoms with Gasteiger partial charge in [0.2, 0.25) is 0 Å². The van der Waals surface area contributed by atoms with Crippen LogP contribution in [0.15, 0.2) is 22.8 Å². The van der Waals surface area contributed by atoms with Crippen LogP contribution in [0.5, 0.6) is 0 Å². The predicted molar refractivity (Wildman–Crippen MR) is 71.2 cm³/mol. The molecule has 102 valence electrons. The Hall–Kier alpha value is -0.840. The van der Waals surface area contributed by atoms with Crippen molar-refractivity contribution in [2.75, 3.05) is 20.2 Å². The molecule has 0 radical (unpaired) electrons. The molecule has 18 heavy (non-hydrogen) atoms. The van der Waals surface area contributed by atoms with Crippen LogP contribution in [0, 0.1) is 0 Å². The summed E-state index contributed by atoms with van der Waals surface area (Å²) in [4.78, 5) is 2.32. The maximum atomic E-state index is 6.06. The van der Waals surface area contributed by atoms with Crippen LogP contribution in [0.25, 0.3) is 0 Å². The van der Waals surface area contributed by atoms with Gasteiger partial charge in [-0.3, -0.25) is 4.90 Å². The molecule has 0 aliphatic carbocycles. The number of nitrogens with zero attached hydrogens (tertiary/aromatic N) is 1. The number of rotatable bonds is 4. The molecule has 2 heterocycles. The zero-order chi connectivity index (χ0) is 13.2. The van der Waals surface area contributed by atoms with E-state index in [2.05, 4.69) is 25.8 Å². The maximum Gasteiger partial charge on any atom is 0.117 e. The van der Waals surface area contributed by atoms with Crippen molar-refractivity contribution in [2.24, 2.45) is 5.73 Å². The van der Waals surface area contributed by atoms with Gasteiger partial charge in [0.1, 0.15) is 5.76 Å². The van der Waals surface area contributed by atoms with Crippen LogP contribution in [0.1, 0.15) is 32.4 Å². The maximum absolute atomic E-state index is 6.06. The summed E-state index contributed by atoms with van der Waals surface area (Å²) in [6, 6.07) is 3.93. The predicted octanol–water partition coefficient (Wildman–Crippen LogP) is 2.00. The Labute approximate surface area is 109 Å². The van der Waals surface area contributed by atoms with Gasteiger partial charge in [0.25, 0.3) is 0 Å². The van der Waals surface area contributed by atoms with E-state index in [1.807, 2.05) is 12.1 Å². The average Bonchev–Trinajstić information content (AvgIpc) is 2.80. The summed E-state index contributed by atoms with van der Waals surface area (Å²) >= 11 is 0. The molecule has 1 atom stereocenters. The largest absolute Gasteiger partial charge is 0.468 e. The number of hydrogen-bond acceptors (Lipinski definition) is 4. The molecule has 0 spiro atoms. The van der Waals surface area contributed by atoms with Crippen molar-refractivity contribution in [3.63, 3.8) is 0 Å². The number of furan rings is 1. The molecule has 0 aromatic carbocycles. The molecule has 0 saturated carbocycles. The van der Waals surface area contributed by atoms with E-state index in [0.717, 1.165) is 31.8 Å². The Balaban J connectivity index is 2.11. The third-order valence-corrected chi connectivity index (χ3v) is 3.98. The molecule has 1 aromatic rings.